The van der Waals surface area contributed by atoms with Gasteiger partial charge in [0.05, 0.1) is 6.33 Å². The maximum Gasteiger partial charge on any atom is 0.296 e. The fraction of sp³-hybridized carbons (Fsp3) is 0.0833. The van der Waals surface area contributed by atoms with Crippen LogP contribution in [0.5, 0.6) is 0 Å². The summed E-state index contributed by atoms with van der Waals surface area (Å²) in [4.78, 5) is 18.5. The summed E-state index contributed by atoms with van der Waals surface area (Å²) in [5.41, 5.74) is 1.48. The molecule has 0 aliphatic carbocycles. The summed E-state index contributed by atoms with van der Waals surface area (Å²) in [6.07, 6.45) is 3.29. The third-order valence-electron chi connectivity index (χ3n) is 2.20. The number of hydrogen-bond acceptors (Lipinski definition) is 2. The summed E-state index contributed by atoms with van der Waals surface area (Å²) < 4.78 is 1.84. The van der Waals surface area contributed by atoms with E-state index in [1.165, 1.54) is 0 Å². The zero-order valence-corrected chi connectivity index (χ0v) is 8.71. The standard InChI is InChI=1S/C12H11N3O/c1-13-12(16)11-8-15(9-14-11)7-10-5-3-2-4-6-10/h2-6,8-9H,1,7H2. The molecule has 80 valence electrons. The Morgan fingerprint density at radius 1 is 1.38 bits per heavy atom. The minimum Gasteiger partial charge on any atom is -0.332 e. The van der Waals surface area contributed by atoms with Crippen molar-refractivity contribution in [2.75, 3.05) is 0 Å². The third kappa shape index (κ3) is 2.23. The van der Waals surface area contributed by atoms with Crippen molar-refractivity contribution in [2.24, 2.45) is 4.99 Å². The van der Waals surface area contributed by atoms with Gasteiger partial charge in [-0.25, -0.2) is 9.98 Å². The second kappa shape index (κ2) is 4.53. The van der Waals surface area contributed by atoms with Crippen LogP contribution in [0, 0.1) is 0 Å². The molecule has 0 radical (unpaired) electrons. The Labute approximate surface area is 93.3 Å². The molecule has 0 bridgehead atoms. The molecule has 0 N–H and O–H groups in total. The molecule has 2 rings (SSSR count). The van der Waals surface area contributed by atoms with Crippen LogP contribution in [0.4, 0.5) is 0 Å². The van der Waals surface area contributed by atoms with Crippen molar-refractivity contribution in [3.8, 4) is 0 Å². The van der Waals surface area contributed by atoms with Crippen molar-refractivity contribution in [1.29, 1.82) is 0 Å². The molecule has 1 aromatic carbocycles. The van der Waals surface area contributed by atoms with Gasteiger partial charge >= 0.3 is 0 Å². The molecule has 2 aromatic rings. The van der Waals surface area contributed by atoms with Crippen LogP contribution in [0.3, 0.4) is 0 Å². The third-order valence-corrected chi connectivity index (χ3v) is 2.20. The van der Waals surface area contributed by atoms with Gasteiger partial charge in [0.1, 0.15) is 5.69 Å². The van der Waals surface area contributed by atoms with Crippen molar-refractivity contribution < 1.29 is 4.79 Å². The highest BCUT2D eigenvalue weighted by molar-refractivity contribution is 5.94. The van der Waals surface area contributed by atoms with E-state index in [1.54, 1.807) is 12.5 Å². The maximum atomic E-state index is 11.2. The molecule has 16 heavy (non-hydrogen) atoms. The highest BCUT2D eigenvalue weighted by Gasteiger charge is 2.06. The normalized spacial score (nSPS) is 10.0. The number of amides is 1. The van der Waals surface area contributed by atoms with E-state index in [-0.39, 0.29) is 0 Å². The van der Waals surface area contributed by atoms with Gasteiger partial charge in [-0.05, 0) is 12.3 Å². The molecule has 0 atom stereocenters. The summed E-state index contributed by atoms with van der Waals surface area (Å²) >= 11 is 0. The first-order chi connectivity index (χ1) is 7.79. The van der Waals surface area contributed by atoms with Gasteiger partial charge in [-0.2, -0.15) is 0 Å². The molecule has 4 nitrogen and oxygen atoms in total. The van der Waals surface area contributed by atoms with Crippen molar-refractivity contribution in [2.45, 2.75) is 6.54 Å². The Morgan fingerprint density at radius 3 is 2.81 bits per heavy atom. The zero-order valence-electron chi connectivity index (χ0n) is 8.71. The van der Waals surface area contributed by atoms with Crippen LogP contribution in [0.25, 0.3) is 0 Å². The number of hydrogen-bond donors (Lipinski definition) is 0. The minimum atomic E-state index is -0.396. The molecule has 0 unspecified atom stereocenters. The molecule has 1 aromatic heterocycles. The fourth-order valence-corrected chi connectivity index (χ4v) is 1.43. The lowest BCUT2D eigenvalue weighted by Gasteiger charge is -2.00. The number of nitrogens with zero attached hydrogens (tertiary/aromatic N) is 3. The summed E-state index contributed by atoms with van der Waals surface area (Å²) in [5, 5.41) is 0. The van der Waals surface area contributed by atoms with Gasteiger partial charge in [0.2, 0.25) is 0 Å². The van der Waals surface area contributed by atoms with Crippen LogP contribution < -0.4 is 0 Å². The Balaban J connectivity index is 2.14. The minimum absolute atomic E-state index is 0.325. The number of carbonyl (C=O) groups is 1. The van der Waals surface area contributed by atoms with E-state index in [2.05, 4.69) is 16.7 Å². The van der Waals surface area contributed by atoms with E-state index in [0.29, 0.717) is 12.2 Å². The summed E-state index contributed by atoms with van der Waals surface area (Å²) in [6, 6.07) is 9.96. The summed E-state index contributed by atoms with van der Waals surface area (Å²) in [7, 11) is 0. The van der Waals surface area contributed by atoms with Crippen LogP contribution in [0.1, 0.15) is 16.1 Å². The highest BCUT2D eigenvalue weighted by Crippen LogP contribution is 2.04. The number of imidazole rings is 1. The highest BCUT2D eigenvalue weighted by atomic mass is 16.1. The molecule has 0 saturated heterocycles. The predicted octanol–water partition coefficient (Wildman–Crippen LogP) is 1.77. The van der Waals surface area contributed by atoms with Crippen LogP contribution >= 0.6 is 0 Å². The van der Waals surface area contributed by atoms with Gasteiger partial charge in [0, 0.05) is 12.7 Å². The average molecular weight is 213 g/mol. The Hall–Kier alpha value is -2.23. The van der Waals surface area contributed by atoms with E-state index < -0.39 is 5.91 Å². The van der Waals surface area contributed by atoms with E-state index in [0.717, 1.165) is 5.56 Å². The van der Waals surface area contributed by atoms with Crippen LogP contribution in [0.2, 0.25) is 0 Å². The van der Waals surface area contributed by atoms with Crippen LogP contribution in [-0.4, -0.2) is 22.2 Å². The first kappa shape index (κ1) is 10.3. The first-order valence-electron chi connectivity index (χ1n) is 4.86. The second-order valence-electron chi connectivity index (χ2n) is 3.38. The predicted molar refractivity (Wildman–Crippen MR) is 61.7 cm³/mol. The molecule has 0 aliphatic rings. The lowest BCUT2D eigenvalue weighted by atomic mass is 10.2. The number of aromatic nitrogens is 2. The van der Waals surface area contributed by atoms with Gasteiger partial charge < -0.3 is 4.57 Å². The van der Waals surface area contributed by atoms with Crippen molar-refractivity contribution in [3.05, 3.63) is 54.1 Å². The average Bonchev–Trinajstić information content (AvgIpc) is 2.78. The Bertz CT molecular complexity index is 502. The molecule has 1 heterocycles. The quantitative estimate of drug-likeness (QED) is 0.729. The molecule has 0 saturated carbocycles. The number of benzene rings is 1. The van der Waals surface area contributed by atoms with Crippen LogP contribution in [0.15, 0.2) is 47.8 Å². The maximum absolute atomic E-state index is 11.2. The van der Waals surface area contributed by atoms with Gasteiger partial charge in [-0.1, -0.05) is 30.3 Å². The smallest absolute Gasteiger partial charge is 0.296 e. The lowest BCUT2D eigenvalue weighted by Crippen LogP contribution is -1.97. The summed E-state index contributed by atoms with van der Waals surface area (Å²) in [5.74, 6) is -0.396. The second-order valence-corrected chi connectivity index (χ2v) is 3.38. The number of carbonyl (C=O) groups excluding carboxylic acids is 1. The van der Waals surface area contributed by atoms with Crippen molar-refractivity contribution in [3.63, 3.8) is 0 Å². The van der Waals surface area contributed by atoms with Crippen LogP contribution in [-0.2, 0) is 6.54 Å². The lowest BCUT2D eigenvalue weighted by molar-refractivity contribution is 0.0999. The van der Waals surface area contributed by atoms with Gasteiger partial charge in [-0.3, -0.25) is 4.79 Å². The number of aliphatic imine (C=N–C) groups is 1. The van der Waals surface area contributed by atoms with E-state index in [1.807, 2.05) is 34.9 Å². The molecular formula is C12H11N3O. The molecule has 1 amide bonds. The monoisotopic (exact) mass is 213 g/mol. The van der Waals surface area contributed by atoms with Gasteiger partial charge in [-0.15, -0.1) is 0 Å². The van der Waals surface area contributed by atoms with Crippen molar-refractivity contribution in [1.82, 2.24) is 9.55 Å². The molecule has 0 aliphatic heterocycles. The Morgan fingerprint density at radius 2 is 2.12 bits per heavy atom. The largest absolute Gasteiger partial charge is 0.332 e. The van der Waals surface area contributed by atoms with E-state index in [9.17, 15) is 4.79 Å². The number of rotatable bonds is 3. The van der Waals surface area contributed by atoms with E-state index >= 15 is 0 Å². The van der Waals surface area contributed by atoms with E-state index in [4.69, 9.17) is 0 Å². The SMILES string of the molecule is C=NC(=O)c1cn(Cc2ccccc2)cn1. The van der Waals surface area contributed by atoms with Gasteiger partial charge in [0.15, 0.2) is 0 Å². The topological polar surface area (TPSA) is 47.2 Å². The molecular weight excluding hydrogens is 202 g/mol. The Kier molecular flexibility index (Phi) is 2.91. The molecule has 4 heteroatoms. The zero-order chi connectivity index (χ0) is 11.4. The first-order valence-corrected chi connectivity index (χ1v) is 4.86. The molecule has 0 fully saturated rings. The van der Waals surface area contributed by atoms with Crippen molar-refractivity contribution >= 4 is 12.6 Å². The molecule has 0 spiro atoms. The summed E-state index contributed by atoms with van der Waals surface area (Å²) in [6.45, 7) is 3.87. The fourth-order valence-electron chi connectivity index (χ4n) is 1.43. The van der Waals surface area contributed by atoms with Gasteiger partial charge in [0.25, 0.3) is 5.91 Å².